The number of carbonyl (C=O) groups is 2. The van der Waals surface area contributed by atoms with E-state index in [2.05, 4.69) is 42.3 Å². The SMILES string of the molecule is C=C1C(=O)O[C@H]2[C@H]1CCC(/C=N/NC(=O)NCCCC)=C\CC[C@@]1(C)O[C@@H]21. The number of epoxide rings is 1. The lowest BCUT2D eigenvalue weighted by Crippen LogP contribution is -2.32. The molecular weight excluding hydrogens is 346 g/mol. The van der Waals surface area contributed by atoms with Crippen molar-refractivity contribution in [3.63, 3.8) is 0 Å². The number of urea groups is 1. The van der Waals surface area contributed by atoms with Gasteiger partial charge in [-0.25, -0.2) is 15.0 Å². The Kier molecular flexibility index (Phi) is 5.99. The molecule has 0 spiro atoms. The van der Waals surface area contributed by atoms with Crippen LogP contribution in [0.4, 0.5) is 4.79 Å². The zero-order valence-corrected chi connectivity index (χ0v) is 16.1. The highest BCUT2D eigenvalue weighted by molar-refractivity contribution is 5.91. The topological polar surface area (TPSA) is 92.3 Å². The lowest BCUT2D eigenvalue weighted by molar-refractivity contribution is -0.140. The van der Waals surface area contributed by atoms with Crippen LogP contribution in [0.3, 0.4) is 0 Å². The molecule has 1 aliphatic carbocycles. The van der Waals surface area contributed by atoms with Crippen molar-refractivity contribution in [3.8, 4) is 0 Å². The average Bonchev–Trinajstić information content (AvgIpc) is 3.22. The standard InChI is InChI=1S/C20H29N3O4/c1-4-5-11-21-19(25)23-22-12-14-7-6-10-20(3)17(27-20)16-15(9-8-14)13(2)18(24)26-16/h7,12,15-17H,2,4-6,8-11H2,1,3H3,(H2,21,23,25)/b14-7+,22-12+/t15-,16-,17-,20+/m0/s1. The first-order valence-electron chi connectivity index (χ1n) is 9.78. The van der Waals surface area contributed by atoms with Gasteiger partial charge in [0, 0.05) is 18.0 Å². The van der Waals surface area contributed by atoms with Gasteiger partial charge in [0.25, 0.3) is 0 Å². The second kappa shape index (κ2) is 8.25. The van der Waals surface area contributed by atoms with Crippen LogP contribution in [-0.4, -0.2) is 42.6 Å². The zero-order chi connectivity index (χ0) is 19.4. The van der Waals surface area contributed by atoms with Gasteiger partial charge in [-0.2, -0.15) is 5.10 Å². The summed E-state index contributed by atoms with van der Waals surface area (Å²) in [6.07, 6.45) is 8.69. The maximum Gasteiger partial charge on any atom is 0.335 e. The summed E-state index contributed by atoms with van der Waals surface area (Å²) in [5, 5.41) is 6.81. The lowest BCUT2D eigenvalue weighted by atomic mass is 9.84. The van der Waals surface area contributed by atoms with Crippen molar-refractivity contribution in [1.82, 2.24) is 10.7 Å². The monoisotopic (exact) mass is 375 g/mol. The Morgan fingerprint density at radius 2 is 2.33 bits per heavy atom. The summed E-state index contributed by atoms with van der Waals surface area (Å²) >= 11 is 0. The quantitative estimate of drug-likeness (QED) is 0.193. The van der Waals surface area contributed by atoms with Crippen LogP contribution >= 0.6 is 0 Å². The first-order valence-corrected chi connectivity index (χ1v) is 9.78. The number of nitrogens with zero attached hydrogens (tertiary/aromatic N) is 1. The van der Waals surface area contributed by atoms with Gasteiger partial charge in [-0.1, -0.05) is 26.0 Å². The molecule has 148 valence electrons. The van der Waals surface area contributed by atoms with E-state index in [1.165, 1.54) is 0 Å². The second-order valence-corrected chi connectivity index (χ2v) is 7.69. The minimum absolute atomic E-state index is 0.0375. The number of amides is 2. The summed E-state index contributed by atoms with van der Waals surface area (Å²) in [5.74, 6) is -0.351. The van der Waals surface area contributed by atoms with Crippen LogP contribution in [0.5, 0.6) is 0 Å². The summed E-state index contributed by atoms with van der Waals surface area (Å²) < 4.78 is 11.4. The Bertz CT molecular complexity index is 672. The molecule has 0 bridgehead atoms. The van der Waals surface area contributed by atoms with Gasteiger partial charge in [-0.3, -0.25) is 0 Å². The molecule has 2 heterocycles. The van der Waals surface area contributed by atoms with Crippen molar-refractivity contribution in [1.29, 1.82) is 0 Å². The molecule has 0 saturated carbocycles. The van der Waals surface area contributed by atoms with Crippen LogP contribution in [0.2, 0.25) is 0 Å². The molecule has 2 aliphatic heterocycles. The summed E-state index contributed by atoms with van der Waals surface area (Å²) in [6.45, 7) is 8.69. The third-order valence-electron chi connectivity index (χ3n) is 5.59. The van der Waals surface area contributed by atoms with E-state index in [9.17, 15) is 9.59 Å². The van der Waals surface area contributed by atoms with Gasteiger partial charge >= 0.3 is 12.0 Å². The van der Waals surface area contributed by atoms with E-state index in [4.69, 9.17) is 9.47 Å². The van der Waals surface area contributed by atoms with Gasteiger partial charge in [0.2, 0.25) is 0 Å². The fraction of sp³-hybridized carbons (Fsp3) is 0.650. The van der Waals surface area contributed by atoms with Crippen molar-refractivity contribution < 1.29 is 19.1 Å². The Morgan fingerprint density at radius 1 is 1.52 bits per heavy atom. The van der Waals surface area contributed by atoms with Crippen LogP contribution in [0.15, 0.2) is 28.9 Å². The number of unbranched alkanes of at least 4 members (excludes halogenated alkanes) is 1. The first kappa shape index (κ1) is 19.6. The molecule has 0 aromatic carbocycles. The van der Waals surface area contributed by atoms with Gasteiger partial charge in [-0.15, -0.1) is 0 Å². The molecule has 2 amide bonds. The molecule has 3 aliphatic rings. The third-order valence-corrected chi connectivity index (χ3v) is 5.59. The molecule has 4 atom stereocenters. The molecule has 7 nitrogen and oxygen atoms in total. The fourth-order valence-electron chi connectivity index (χ4n) is 3.79. The number of hydrogen-bond donors (Lipinski definition) is 2. The molecule has 0 unspecified atom stereocenters. The summed E-state index contributed by atoms with van der Waals surface area (Å²) in [5.41, 5.74) is 3.80. The van der Waals surface area contributed by atoms with E-state index in [0.717, 1.165) is 44.1 Å². The highest BCUT2D eigenvalue weighted by Gasteiger charge is 2.61. The van der Waals surface area contributed by atoms with Crippen molar-refractivity contribution in [2.75, 3.05) is 6.54 Å². The van der Waals surface area contributed by atoms with E-state index < -0.39 is 0 Å². The van der Waals surface area contributed by atoms with Crippen LogP contribution in [0.25, 0.3) is 0 Å². The number of hydrazone groups is 1. The molecule has 3 rings (SSSR count). The molecule has 0 radical (unpaired) electrons. The number of esters is 1. The molecule has 0 aromatic rings. The minimum Gasteiger partial charge on any atom is -0.455 e. The number of fused-ring (bicyclic) bond motifs is 3. The van der Waals surface area contributed by atoms with E-state index in [0.29, 0.717) is 12.1 Å². The Balaban J connectivity index is 1.61. The second-order valence-electron chi connectivity index (χ2n) is 7.69. The first-order chi connectivity index (χ1) is 12.9. The molecular formula is C20H29N3O4. The predicted octanol–water partition coefficient (Wildman–Crippen LogP) is 2.83. The van der Waals surface area contributed by atoms with Crippen molar-refractivity contribution in [3.05, 3.63) is 23.8 Å². The van der Waals surface area contributed by atoms with Gasteiger partial charge in [-0.05, 0) is 44.6 Å². The molecule has 7 heteroatoms. The highest BCUT2D eigenvalue weighted by Crippen LogP contribution is 2.49. The van der Waals surface area contributed by atoms with E-state index in [1.807, 2.05) is 0 Å². The van der Waals surface area contributed by atoms with E-state index >= 15 is 0 Å². The van der Waals surface area contributed by atoms with Gasteiger partial charge in [0.15, 0.2) is 0 Å². The molecule has 2 fully saturated rings. The smallest absolute Gasteiger partial charge is 0.335 e. The van der Waals surface area contributed by atoms with Gasteiger partial charge < -0.3 is 14.8 Å². The zero-order valence-electron chi connectivity index (χ0n) is 16.1. The van der Waals surface area contributed by atoms with E-state index in [-0.39, 0.29) is 35.7 Å². The van der Waals surface area contributed by atoms with Gasteiger partial charge in [0.1, 0.15) is 12.2 Å². The maximum atomic E-state index is 12.0. The summed E-state index contributed by atoms with van der Waals surface area (Å²) in [7, 11) is 0. The Morgan fingerprint density at radius 3 is 3.11 bits per heavy atom. The predicted molar refractivity (Wildman–Crippen MR) is 102 cm³/mol. The number of rotatable bonds is 5. The largest absolute Gasteiger partial charge is 0.455 e. The number of allylic oxidation sites excluding steroid dienone is 2. The van der Waals surface area contributed by atoms with Crippen molar-refractivity contribution >= 4 is 18.2 Å². The number of ether oxygens (including phenoxy) is 2. The van der Waals surface area contributed by atoms with E-state index in [1.54, 1.807) is 6.21 Å². The van der Waals surface area contributed by atoms with Crippen molar-refractivity contribution in [2.45, 2.75) is 70.2 Å². The molecule has 2 saturated heterocycles. The van der Waals surface area contributed by atoms with Crippen LogP contribution in [0.1, 0.15) is 52.4 Å². The number of hydrogen-bond acceptors (Lipinski definition) is 5. The van der Waals surface area contributed by atoms with Crippen LogP contribution < -0.4 is 10.7 Å². The normalized spacial score (nSPS) is 34.9. The molecule has 0 aromatic heterocycles. The maximum absolute atomic E-state index is 12.0. The minimum atomic E-state index is -0.313. The summed E-state index contributed by atoms with van der Waals surface area (Å²) in [6, 6.07) is -0.301. The number of carbonyl (C=O) groups excluding carboxylic acids is 2. The number of nitrogens with one attached hydrogen (secondary N) is 2. The Hall–Kier alpha value is -2.15. The molecule has 27 heavy (non-hydrogen) atoms. The van der Waals surface area contributed by atoms with Crippen molar-refractivity contribution in [2.24, 2.45) is 11.0 Å². The van der Waals surface area contributed by atoms with Gasteiger partial charge in [0.05, 0.1) is 11.8 Å². The van der Waals surface area contributed by atoms with Crippen LogP contribution in [0, 0.1) is 5.92 Å². The Labute approximate surface area is 160 Å². The summed E-state index contributed by atoms with van der Waals surface area (Å²) in [4.78, 5) is 23.6. The average molecular weight is 375 g/mol. The van der Waals surface area contributed by atoms with Crippen LogP contribution in [-0.2, 0) is 14.3 Å². The highest BCUT2D eigenvalue weighted by atomic mass is 16.6. The molecule has 2 N–H and O–H groups in total. The third kappa shape index (κ3) is 4.58. The lowest BCUT2D eigenvalue weighted by Gasteiger charge is -2.19. The fourth-order valence-corrected chi connectivity index (χ4v) is 3.79.